The molecule has 2 aromatic rings. The molecule has 0 aliphatic carbocycles. The van der Waals surface area contributed by atoms with Gasteiger partial charge in [0.05, 0.1) is 10.7 Å². The Morgan fingerprint density at radius 3 is 2.76 bits per heavy atom. The van der Waals surface area contributed by atoms with Gasteiger partial charge in [0.1, 0.15) is 0 Å². The van der Waals surface area contributed by atoms with Gasteiger partial charge in [0, 0.05) is 24.0 Å². The molecule has 0 spiro atoms. The van der Waals surface area contributed by atoms with Crippen molar-refractivity contribution in [3.63, 3.8) is 0 Å². The van der Waals surface area contributed by atoms with Gasteiger partial charge in [-0.2, -0.15) is 0 Å². The lowest BCUT2D eigenvalue weighted by Gasteiger charge is -2.11. The Morgan fingerprint density at radius 1 is 1.29 bits per heavy atom. The molecule has 0 saturated heterocycles. The van der Waals surface area contributed by atoms with Crippen molar-refractivity contribution >= 4 is 29.2 Å². The van der Waals surface area contributed by atoms with Crippen LogP contribution in [0.1, 0.15) is 12.5 Å². The molecule has 0 unspecified atom stereocenters. The minimum absolute atomic E-state index is 0.657. The number of hydrogen-bond acceptors (Lipinski definition) is 2. The van der Waals surface area contributed by atoms with Gasteiger partial charge in [-0.25, -0.2) is 4.98 Å². The monoisotopic (exact) mass is 269 g/mol. The van der Waals surface area contributed by atoms with E-state index in [0.29, 0.717) is 10.0 Å². The number of benzene rings is 1. The van der Waals surface area contributed by atoms with E-state index in [9.17, 15) is 0 Å². The molecular weight excluding hydrogens is 257 g/mol. The number of aromatic nitrogens is 2. The fraction of sp³-hybridized carbons (Fsp3) is 0.250. The second-order valence-corrected chi connectivity index (χ2v) is 4.52. The maximum atomic E-state index is 6.23. The highest BCUT2D eigenvalue weighted by Crippen LogP contribution is 2.29. The summed E-state index contributed by atoms with van der Waals surface area (Å²) in [6, 6.07) is 3.71. The summed E-state index contributed by atoms with van der Waals surface area (Å²) >= 11 is 12.3. The van der Waals surface area contributed by atoms with Crippen LogP contribution in [0.2, 0.25) is 10.0 Å². The third-order valence-corrected chi connectivity index (χ3v) is 3.17. The quantitative estimate of drug-likeness (QED) is 0.916. The number of nitrogens with zero attached hydrogens (tertiary/aromatic N) is 2. The number of imidazole rings is 1. The van der Waals surface area contributed by atoms with Crippen molar-refractivity contribution in [2.45, 2.75) is 13.8 Å². The second kappa shape index (κ2) is 4.98. The van der Waals surface area contributed by atoms with Crippen molar-refractivity contribution in [3.8, 4) is 5.69 Å². The normalized spacial score (nSPS) is 10.6. The van der Waals surface area contributed by atoms with Gasteiger partial charge in [0.2, 0.25) is 5.95 Å². The van der Waals surface area contributed by atoms with Crippen molar-refractivity contribution in [1.29, 1.82) is 0 Å². The third-order valence-electron chi connectivity index (χ3n) is 2.46. The Kier molecular flexibility index (Phi) is 3.60. The number of rotatable bonds is 3. The van der Waals surface area contributed by atoms with Gasteiger partial charge >= 0.3 is 0 Å². The Hall–Kier alpha value is -1.19. The molecule has 0 saturated carbocycles. The van der Waals surface area contributed by atoms with Crippen molar-refractivity contribution in [1.82, 2.24) is 9.55 Å². The summed E-state index contributed by atoms with van der Waals surface area (Å²) in [7, 11) is 0. The third kappa shape index (κ3) is 2.40. The predicted octanol–water partition coefficient (Wildman–Crippen LogP) is 3.92. The van der Waals surface area contributed by atoms with E-state index >= 15 is 0 Å². The topological polar surface area (TPSA) is 29.9 Å². The average Bonchev–Trinajstić information content (AvgIpc) is 2.72. The maximum absolute atomic E-state index is 6.23. The van der Waals surface area contributed by atoms with Gasteiger partial charge in [0.15, 0.2) is 0 Å². The van der Waals surface area contributed by atoms with Crippen LogP contribution in [-0.2, 0) is 0 Å². The first-order chi connectivity index (χ1) is 8.13. The SMILES string of the molecule is CCNc1nccn1-c1cc(Cl)c(C)cc1Cl. The van der Waals surface area contributed by atoms with Crippen LogP contribution in [0.5, 0.6) is 0 Å². The average molecular weight is 270 g/mol. The lowest BCUT2D eigenvalue weighted by atomic mass is 10.2. The highest BCUT2D eigenvalue weighted by molar-refractivity contribution is 6.35. The molecule has 1 aromatic carbocycles. The minimum Gasteiger partial charge on any atom is -0.356 e. The number of anilines is 1. The molecule has 0 bridgehead atoms. The van der Waals surface area contributed by atoms with E-state index in [-0.39, 0.29) is 0 Å². The number of aryl methyl sites for hydroxylation is 1. The van der Waals surface area contributed by atoms with E-state index in [1.165, 1.54) is 0 Å². The molecule has 17 heavy (non-hydrogen) atoms. The zero-order valence-electron chi connectivity index (χ0n) is 9.67. The van der Waals surface area contributed by atoms with Crippen LogP contribution < -0.4 is 5.32 Å². The molecule has 5 heteroatoms. The summed E-state index contributed by atoms with van der Waals surface area (Å²) in [4.78, 5) is 4.23. The summed E-state index contributed by atoms with van der Waals surface area (Å²) in [5, 5.41) is 4.52. The first-order valence-electron chi connectivity index (χ1n) is 5.36. The summed E-state index contributed by atoms with van der Waals surface area (Å²) in [6.45, 7) is 4.74. The number of hydrogen-bond donors (Lipinski definition) is 1. The van der Waals surface area contributed by atoms with E-state index < -0.39 is 0 Å². The van der Waals surface area contributed by atoms with Gasteiger partial charge in [0.25, 0.3) is 0 Å². The van der Waals surface area contributed by atoms with Crippen molar-refractivity contribution in [2.24, 2.45) is 0 Å². The lowest BCUT2D eigenvalue weighted by molar-refractivity contribution is 1.02. The molecule has 0 fully saturated rings. The highest BCUT2D eigenvalue weighted by Gasteiger charge is 2.10. The zero-order valence-corrected chi connectivity index (χ0v) is 11.2. The molecule has 90 valence electrons. The summed E-state index contributed by atoms with van der Waals surface area (Å²) in [6.07, 6.45) is 3.58. The Labute approximate surface area is 110 Å². The Balaban J connectivity index is 2.52. The molecule has 1 aromatic heterocycles. The summed E-state index contributed by atoms with van der Waals surface area (Å²) < 4.78 is 1.89. The zero-order chi connectivity index (χ0) is 12.4. The predicted molar refractivity (Wildman–Crippen MR) is 72.5 cm³/mol. The summed E-state index contributed by atoms with van der Waals surface area (Å²) in [5.41, 5.74) is 1.79. The lowest BCUT2D eigenvalue weighted by Crippen LogP contribution is -2.05. The highest BCUT2D eigenvalue weighted by atomic mass is 35.5. The van der Waals surface area contributed by atoms with E-state index in [1.54, 1.807) is 6.20 Å². The first kappa shape index (κ1) is 12.3. The van der Waals surface area contributed by atoms with Gasteiger partial charge in [-0.1, -0.05) is 23.2 Å². The van der Waals surface area contributed by atoms with E-state index in [2.05, 4.69) is 10.3 Å². The number of halogens is 2. The summed E-state index contributed by atoms with van der Waals surface area (Å²) in [5.74, 6) is 0.759. The first-order valence-corrected chi connectivity index (χ1v) is 6.12. The van der Waals surface area contributed by atoms with Gasteiger partial charge in [-0.15, -0.1) is 0 Å². The smallest absolute Gasteiger partial charge is 0.207 e. The van der Waals surface area contributed by atoms with Crippen LogP contribution in [0.15, 0.2) is 24.5 Å². The molecule has 0 aliphatic heterocycles. The fourth-order valence-electron chi connectivity index (χ4n) is 1.61. The van der Waals surface area contributed by atoms with Crippen LogP contribution in [0.3, 0.4) is 0 Å². The molecule has 0 radical (unpaired) electrons. The van der Waals surface area contributed by atoms with E-state index in [0.717, 1.165) is 23.7 Å². The van der Waals surface area contributed by atoms with Crippen LogP contribution in [-0.4, -0.2) is 16.1 Å². The van der Waals surface area contributed by atoms with Crippen LogP contribution in [0.25, 0.3) is 5.69 Å². The van der Waals surface area contributed by atoms with Gasteiger partial charge < -0.3 is 5.32 Å². The Bertz CT molecular complexity index is 535. The molecule has 0 amide bonds. The van der Waals surface area contributed by atoms with Crippen LogP contribution >= 0.6 is 23.2 Å². The van der Waals surface area contributed by atoms with Crippen molar-refractivity contribution in [2.75, 3.05) is 11.9 Å². The molecule has 3 nitrogen and oxygen atoms in total. The van der Waals surface area contributed by atoms with Crippen molar-refractivity contribution in [3.05, 3.63) is 40.1 Å². The largest absolute Gasteiger partial charge is 0.356 e. The van der Waals surface area contributed by atoms with Gasteiger partial charge in [-0.3, -0.25) is 4.57 Å². The molecule has 2 rings (SSSR count). The minimum atomic E-state index is 0.657. The van der Waals surface area contributed by atoms with Crippen molar-refractivity contribution < 1.29 is 0 Å². The van der Waals surface area contributed by atoms with Crippen LogP contribution in [0, 0.1) is 6.92 Å². The number of nitrogens with one attached hydrogen (secondary N) is 1. The van der Waals surface area contributed by atoms with Gasteiger partial charge in [-0.05, 0) is 31.5 Å². The molecule has 0 atom stereocenters. The molecule has 1 heterocycles. The molecule has 0 aliphatic rings. The van der Waals surface area contributed by atoms with E-state index in [4.69, 9.17) is 23.2 Å². The van der Waals surface area contributed by atoms with E-state index in [1.807, 2.05) is 36.7 Å². The molecular formula is C12H13Cl2N3. The fourth-order valence-corrected chi connectivity index (χ4v) is 2.07. The maximum Gasteiger partial charge on any atom is 0.207 e. The Morgan fingerprint density at radius 2 is 2.06 bits per heavy atom. The van der Waals surface area contributed by atoms with Crippen LogP contribution in [0.4, 0.5) is 5.95 Å². The standard InChI is InChI=1S/C12H13Cl2N3/c1-3-15-12-16-4-5-17(12)11-7-9(13)8(2)6-10(11)14/h4-7H,3H2,1-2H3,(H,15,16). The molecule has 1 N–H and O–H groups in total. The second-order valence-electron chi connectivity index (χ2n) is 3.70.